The molecule has 2 heterocycles. The molecule has 2 aromatic carbocycles. The van der Waals surface area contributed by atoms with Crippen LogP contribution in [-0.4, -0.2) is 31.1 Å². The van der Waals surface area contributed by atoms with Gasteiger partial charge in [0.15, 0.2) is 0 Å². The molecule has 4 rings (SSSR count). The van der Waals surface area contributed by atoms with Gasteiger partial charge in [0.05, 0.1) is 6.04 Å². The van der Waals surface area contributed by atoms with Gasteiger partial charge in [0.25, 0.3) is 0 Å². The first-order chi connectivity index (χ1) is 10.4. The lowest BCUT2D eigenvalue weighted by atomic mass is 9.90. The topological polar surface area (TPSA) is 24.5 Å². The number of nitrogens with one attached hydrogen (secondary N) is 1. The van der Waals surface area contributed by atoms with Crippen LogP contribution in [0.5, 0.6) is 5.75 Å². The Bertz CT molecular complexity index is 602. The Hall–Kier alpha value is -1.84. The molecule has 3 nitrogen and oxygen atoms in total. The average Bonchev–Trinajstić information content (AvgIpc) is 2.64. The van der Waals surface area contributed by atoms with Crippen LogP contribution in [-0.2, 0) is 6.61 Å². The van der Waals surface area contributed by atoms with Crippen LogP contribution < -0.4 is 10.1 Å². The van der Waals surface area contributed by atoms with Crippen LogP contribution in [0, 0.1) is 0 Å². The summed E-state index contributed by atoms with van der Waals surface area (Å²) in [6, 6.07) is 18.0. The maximum atomic E-state index is 6.03. The van der Waals surface area contributed by atoms with Gasteiger partial charge in [-0.1, -0.05) is 42.5 Å². The molecule has 1 atom stereocenters. The molecule has 2 aliphatic heterocycles. The van der Waals surface area contributed by atoms with E-state index in [1.807, 2.05) is 7.05 Å². The molecule has 0 unspecified atom stereocenters. The number of rotatable bonds is 2. The van der Waals surface area contributed by atoms with Crippen molar-refractivity contribution in [2.24, 2.45) is 0 Å². The fraction of sp³-hybridized carbons (Fsp3) is 0.333. The lowest BCUT2D eigenvalue weighted by molar-refractivity contribution is 0.0973. The van der Waals surface area contributed by atoms with E-state index in [1.54, 1.807) is 0 Å². The van der Waals surface area contributed by atoms with Crippen molar-refractivity contribution in [3.05, 3.63) is 65.2 Å². The van der Waals surface area contributed by atoms with E-state index in [4.69, 9.17) is 4.74 Å². The van der Waals surface area contributed by atoms with Gasteiger partial charge in [-0.2, -0.15) is 0 Å². The summed E-state index contributed by atoms with van der Waals surface area (Å²) in [5.74, 6) is 1.02. The first-order valence-electron chi connectivity index (χ1n) is 7.57. The van der Waals surface area contributed by atoms with E-state index in [0.717, 1.165) is 18.8 Å². The lowest BCUT2D eigenvalue weighted by Gasteiger charge is -2.44. The molecule has 0 bridgehead atoms. The first-order valence-corrected chi connectivity index (χ1v) is 7.57. The van der Waals surface area contributed by atoms with E-state index < -0.39 is 0 Å². The third-order valence-electron chi connectivity index (χ3n) is 4.63. The third-order valence-corrected chi connectivity index (χ3v) is 4.63. The maximum absolute atomic E-state index is 6.03. The Kier molecular flexibility index (Phi) is 3.17. The normalized spacial score (nSPS) is 21.7. The van der Waals surface area contributed by atoms with E-state index in [1.165, 1.54) is 16.7 Å². The molecule has 0 radical (unpaired) electrons. The minimum absolute atomic E-state index is 0.310. The minimum Gasteiger partial charge on any atom is -0.489 e. The second kappa shape index (κ2) is 5.17. The third kappa shape index (κ3) is 2.13. The van der Waals surface area contributed by atoms with Gasteiger partial charge in [0, 0.05) is 24.7 Å². The van der Waals surface area contributed by atoms with Gasteiger partial charge in [0.1, 0.15) is 12.4 Å². The number of fused-ring (bicyclic) bond motifs is 2. The Morgan fingerprint density at radius 2 is 1.71 bits per heavy atom. The summed E-state index contributed by atoms with van der Waals surface area (Å²) in [7, 11) is 2.04. The molecule has 1 saturated heterocycles. The predicted molar refractivity (Wildman–Crippen MR) is 83.5 cm³/mol. The molecule has 1 N–H and O–H groups in total. The quantitative estimate of drug-likeness (QED) is 0.915. The van der Waals surface area contributed by atoms with Gasteiger partial charge >= 0.3 is 0 Å². The number of likely N-dealkylation sites (N-methyl/N-ethyl adjacent to an activating group) is 1. The molecule has 0 saturated carbocycles. The zero-order chi connectivity index (χ0) is 14.2. The molecule has 0 spiro atoms. The number of nitrogens with zero attached hydrogens (tertiary/aromatic N) is 1. The van der Waals surface area contributed by atoms with Crippen LogP contribution in [0.15, 0.2) is 48.5 Å². The van der Waals surface area contributed by atoms with E-state index in [9.17, 15) is 0 Å². The van der Waals surface area contributed by atoms with Gasteiger partial charge in [-0.3, -0.25) is 4.90 Å². The zero-order valence-corrected chi connectivity index (χ0v) is 12.3. The van der Waals surface area contributed by atoms with Crippen molar-refractivity contribution in [3.8, 4) is 5.75 Å². The number of ether oxygens (including phenoxy) is 1. The predicted octanol–water partition coefficient (Wildman–Crippen LogP) is 2.57. The van der Waals surface area contributed by atoms with Crippen LogP contribution >= 0.6 is 0 Å². The highest BCUT2D eigenvalue weighted by molar-refractivity contribution is 5.46. The van der Waals surface area contributed by atoms with Gasteiger partial charge in [-0.05, 0) is 24.2 Å². The summed E-state index contributed by atoms with van der Waals surface area (Å²) in [6.07, 6.45) is 0. The maximum Gasteiger partial charge on any atom is 0.124 e. The Morgan fingerprint density at radius 1 is 1.00 bits per heavy atom. The molecule has 2 aromatic rings. The van der Waals surface area contributed by atoms with Crippen LogP contribution in [0.3, 0.4) is 0 Å². The van der Waals surface area contributed by atoms with E-state index in [2.05, 4.69) is 58.7 Å². The number of likely N-dealkylation sites (tertiary alicyclic amines) is 1. The van der Waals surface area contributed by atoms with E-state index >= 15 is 0 Å². The second-order valence-corrected chi connectivity index (χ2v) is 5.87. The van der Waals surface area contributed by atoms with Crippen LogP contribution in [0.4, 0.5) is 0 Å². The minimum atomic E-state index is 0.310. The zero-order valence-electron chi connectivity index (χ0n) is 12.3. The SMILES string of the molecule is CNC1CN([C@@H]2c3ccccc3COc3ccccc32)C1. The van der Waals surface area contributed by atoms with Crippen molar-refractivity contribution >= 4 is 0 Å². The molecule has 108 valence electrons. The van der Waals surface area contributed by atoms with Crippen LogP contribution in [0.25, 0.3) is 0 Å². The molecule has 2 aliphatic rings. The molecule has 0 aromatic heterocycles. The van der Waals surface area contributed by atoms with Crippen molar-refractivity contribution < 1.29 is 4.74 Å². The van der Waals surface area contributed by atoms with Gasteiger partial charge in [-0.25, -0.2) is 0 Å². The lowest BCUT2D eigenvalue weighted by Crippen LogP contribution is -2.58. The standard InChI is InChI=1S/C18H20N2O/c1-19-14-10-20(11-14)18-15-7-3-2-6-13(15)12-21-17-9-5-4-8-16(17)18/h2-9,14,18-19H,10-12H2,1H3/t18-/m1/s1. The van der Waals surface area contributed by atoms with Crippen molar-refractivity contribution in [1.82, 2.24) is 10.2 Å². The molecular weight excluding hydrogens is 260 g/mol. The Labute approximate surface area is 125 Å². The average molecular weight is 280 g/mol. The molecular formula is C18H20N2O. The summed E-state index contributed by atoms with van der Waals surface area (Å²) in [6.45, 7) is 2.83. The number of hydrogen-bond acceptors (Lipinski definition) is 3. The van der Waals surface area contributed by atoms with Crippen molar-refractivity contribution in [1.29, 1.82) is 0 Å². The highest BCUT2D eigenvalue weighted by Crippen LogP contribution is 2.41. The molecule has 3 heteroatoms. The second-order valence-electron chi connectivity index (χ2n) is 5.87. The monoisotopic (exact) mass is 280 g/mol. The van der Waals surface area contributed by atoms with Gasteiger partial charge < -0.3 is 10.1 Å². The highest BCUT2D eigenvalue weighted by Gasteiger charge is 2.36. The summed E-state index contributed by atoms with van der Waals surface area (Å²) in [4.78, 5) is 2.54. The van der Waals surface area contributed by atoms with Crippen LogP contribution in [0.1, 0.15) is 22.7 Å². The van der Waals surface area contributed by atoms with Crippen molar-refractivity contribution in [2.75, 3.05) is 20.1 Å². The number of benzene rings is 2. The van der Waals surface area contributed by atoms with E-state index in [0.29, 0.717) is 18.7 Å². The van der Waals surface area contributed by atoms with Gasteiger partial charge in [0.2, 0.25) is 0 Å². The number of para-hydroxylation sites is 1. The largest absolute Gasteiger partial charge is 0.489 e. The fourth-order valence-electron chi connectivity index (χ4n) is 3.39. The summed E-state index contributed by atoms with van der Waals surface area (Å²) < 4.78 is 6.03. The van der Waals surface area contributed by atoms with Crippen molar-refractivity contribution in [3.63, 3.8) is 0 Å². The Balaban J connectivity index is 1.79. The van der Waals surface area contributed by atoms with Crippen LogP contribution in [0.2, 0.25) is 0 Å². The Morgan fingerprint density at radius 3 is 2.52 bits per heavy atom. The highest BCUT2D eigenvalue weighted by atomic mass is 16.5. The molecule has 0 amide bonds. The molecule has 1 fully saturated rings. The number of hydrogen-bond donors (Lipinski definition) is 1. The summed E-state index contributed by atoms with van der Waals surface area (Å²) in [5.41, 5.74) is 3.97. The fourth-order valence-corrected chi connectivity index (χ4v) is 3.39. The molecule has 0 aliphatic carbocycles. The summed E-state index contributed by atoms with van der Waals surface area (Å²) >= 11 is 0. The molecule has 21 heavy (non-hydrogen) atoms. The van der Waals surface area contributed by atoms with Gasteiger partial charge in [-0.15, -0.1) is 0 Å². The summed E-state index contributed by atoms with van der Waals surface area (Å²) in [5, 5.41) is 3.36. The van der Waals surface area contributed by atoms with Crippen molar-refractivity contribution in [2.45, 2.75) is 18.7 Å². The van der Waals surface area contributed by atoms with E-state index in [-0.39, 0.29) is 0 Å². The first kappa shape index (κ1) is 12.9. The smallest absolute Gasteiger partial charge is 0.124 e.